The summed E-state index contributed by atoms with van der Waals surface area (Å²) in [5.74, 6) is -0.395. The Morgan fingerprint density at radius 2 is 1.96 bits per heavy atom. The van der Waals surface area contributed by atoms with Crippen LogP contribution in [0.1, 0.15) is 21.5 Å². The van der Waals surface area contributed by atoms with Gasteiger partial charge in [0.1, 0.15) is 0 Å². The first-order valence-electron chi connectivity index (χ1n) is 7.53. The van der Waals surface area contributed by atoms with Crippen LogP contribution in [-0.2, 0) is 6.54 Å². The maximum atomic E-state index is 12.5. The van der Waals surface area contributed by atoms with Crippen molar-refractivity contribution in [2.24, 2.45) is 10.7 Å². The minimum Gasteiger partial charge on any atom is -0.404 e. The normalized spacial score (nSPS) is 11.8. The second-order valence-corrected chi connectivity index (χ2v) is 6.99. The minimum atomic E-state index is -0.395. The van der Waals surface area contributed by atoms with E-state index in [0.29, 0.717) is 16.8 Å². The van der Waals surface area contributed by atoms with E-state index in [2.05, 4.69) is 26.2 Å². The van der Waals surface area contributed by atoms with Crippen LogP contribution < -0.4 is 16.8 Å². The molecule has 5 nitrogen and oxygen atoms in total. The number of carbonyl (C=O) groups excluding carboxylic acids is 1. The summed E-state index contributed by atoms with van der Waals surface area (Å²) in [6.07, 6.45) is 2.97. The number of nitrogens with one attached hydrogen (secondary N) is 1. The Morgan fingerprint density at radius 3 is 2.54 bits per heavy atom. The molecule has 0 fully saturated rings. The summed E-state index contributed by atoms with van der Waals surface area (Å²) in [5, 5.41) is 3.22. The van der Waals surface area contributed by atoms with Crippen LogP contribution in [0, 0.1) is 0 Å². The molecule has 2 rings (SSSR count). The monoisotopic (exact) mass is 454 g/mol. The van der Waals surface area contributed by atoms with E-state index in [1.807, 2.05) is 18.2 Å². The molecule has 0 saturated heterocycles. The lowest BCUT2D eigenvalue weighted by atomic mass is 10.0. The molecule has 0 radical (unpaired) electrons. The van der Waals surface area contributed by atoms with Gasteiger partial charge in [-0.15, -0.1) is 0 Å². The fraction of sp³-hybridized carbons (Fsp3) is 0.111. The second kappa shape index (κ2) is 9.07. The van der Waals surface area contributed by atoms with Crippen LogP contribution in [0.2, 0.25) is 10.0 Å². The van der Waals surface area contributed by atoms with E-state index in [9.17, 15) is 4.79 Å². The van der Waals surface area contributed by atoms with Gasteiger partial charge in [-0.05, 0) is 45.3 Å². The summed E-state index contributed by atoms with van der Waals surface area (Å²) in [7, 11) is 1.63. The van der Waals surface area contributed by atoms with Crippen LogP contribution in [0.25, 0.3) is 5.57 Å². The number of para-hydroxylation sites is 1. The first-order valence-corrected chi connectivity index (χ1v) is 9.08. The second-order valence-electron chi connectivity index (χ2n) is 5.32. The van der Waals surface area contributed by atoms with E-state index in [0.717, 1.165) is 10.0 Å². The molecule has 0 bridgehead atoms. The van der Waals surface area contributed by atoms with Crippen molar-refractivity contribution in [1.29, 1.82) is 0 Å². The van der Waals surface area contributed by atoms with Crippen LogP contribution in [0.15, 0.2) is 46.0 Å². The van der Waals surface area contributed by atoms with Gasteiger partial charge in [0.15, 0.2) is 0 Å². The number of halogens is 3. The van der Waals surface area contributed by atoms with Crippen LogP contribution in [0.3, 0.4) is 0 Å². The molecule has 2 aromatic carbocycles. The zero-order valence-electron chi connectivity index (χ0n) is 13.9. The number of benzene rings is 2. The Labute approximate surface area is 170 Å². The van der Waals surface area contributed by atoms with Crippen molar-refractivity contribution in [2.75, 3.05) is 12.8 Å². The quantitative estimate of drug-likeness (QED) is 0.464. The van der Waals surface area contributed by atoms with Crippen molar-refractivity contribution in [2.45, 2.75) is 6.54 Å². The van der Waals surface area contributed by atoms with Gasteiger partial charge in [-0.3, -0.25) is 9.79 Å². The Morgan fingerprint density at radius 1 is 1.31 bits per heavy atom. The Kier molecular flexibility index (Phi) is 7.08. The van der Waals surface area contributed by atoms with Gasteiger partial charge >= 0.3 is 0 Å². The fourth-order valence-electron chi connectivity index (χ4n) is 2.31. The van der Waals surface area contributed by atoms with Gasteiger partial charge in [0.2, 0.25) is 0 Å². The molecule has 136 valence electrons. The Hall–Kier alpha value is -2.02. The highest BCUT2D eigenvalue weighted by molar-refractivity contribution is 9.10. The van der Waals surface area contributed by atoms with E-state index in [1.165, 1.54) is 6.20 Å². The lowest BCUT2D eigenvalue weighted by Crippen LogP contribution is -2.24. The molecular weight excluding hydrogens is 439 g/mol. The summed E-state index contributed by atoms with van der Waals surface area (Å²) in [4.78, 5) is 16.5. The number of nitrogens with two attached hydrogens (primary N) is 2. The SMILES string of the molecule is CN=CC(=CN)c1cc(Cl)c(C(=O)NCc2cccc(Br)c2N)c(Cl)c1. The number of anilines is 1. The molecule has 8 heteroatoms. The van der Waals surface area contributed by atoms with Crippen molar-refractivity contribution in [1.82, 2.24) is 5.32 Å². The summed E-state index contributed by atoms with van der Waals surface area (Å²) < 4.78 is 0.767. The van der Waals surface area contributed by atoms with Crippen LogP contribution in [-0.4, -0.2) is 19.2 Å². The van der Waals surface area contributed by atoms with Crippen LogP contribution >= 0.6 is 39.1 Å². The number of hydrogen-bond acceptors (Lipinski definition) is 4. The summed E-state index contributed by atoms with van der Waals surface area (Å²) in [6.45, 7) is 0.245. The number of nitrogens with zero attached hydrogens (tertiary/aromatic N) is 1. The molecular formula is C18H17BrCl2N4O. The minimum absolute atomic E-state index is 0.190. The van der Waals surface area contributed by atoms with Crippen molar-refractivity contribution >= 4 is 62.5 Å². The molecule has 5 N–H and O–H groups in total. The molecule has 26 heavy (non-hydrogen) atoms. The van der Waals surface area contributed by atoms with Gasteiger partial charge in [0.05, 0.1) is 21.3 Å². The molecule has 0 heterocycles. The first-order chi connectivity index (χ1) is 12.4. The maximum absolute atomic E-state index is 12.5. The van der Waals surface area contributed by atoms with Gasteiger partial charge in [0, 0.05) is 36.1 Å². The van der Waals surface area contributed by atoms with Gasteiger partial charge in [-0.25, -0.2) is 0 Å². The number of amides is 1. The molecule has 0 spiro atoms. The Bertz CT molecular complexity index is 874. The molecule has 0 atom stereocenters. The highest BCUT2D eigenvalue weighted by atomic mass is 79.9. The van der Waals surface area contributed by atoms with Gasteiger partial charge in [-0.1, -0.05) is 35.3 Å². The van der Waals surface area contributed by atoms with Crippen LogP contribution in [0.4, 0.5) is 5.69 Å². The van der Waals surface area contributed by atoms with Crippen molar-refractivity contribution in [3.8, 4) is 0 Å². The molecule has 0 aromatic heterocycles. The average Bonchev–Trinajstić information content (AvgIpc) is 2.60. The molecule has 2 aromatic rings. The summed E-state index contributed by atoms with van der Waals surface area (Å²) in [6, 6.07) is 8.74. The number of carbonyl (C=O) groups is 1. The largest absolute Gasteiger partial charge is 0.404 e. The highest BCUT2D eigenvalue weighted by Crippen LogP contribution is 2.29. The van der Waals surface area contributed by atoms with E-state index in [-0.39, 0.29) is 22.2 Å². The van der Waals surface area contributed by atoms with E-state index in [4.69, 9.17) is 34.7 Å². The predicted octanol–water partition coefficient (Wildman–Crippen LogP) is 4.27. The number of nitrogen functional groups attached to an aromatic ring is 1. The number of aliphatic imine (C=N–C) groups is 1. The average molecular weight is 456 g/mol. The topological polar surface area (TPSA) is 93.5 Å². The van der Waals surface area contributed by atoms with E-state index in [1.54, 1.807) is 25.4 Å². The molecule has 0 aliphatic heterocycles. The van der Waals surface area contributed by atoms with Crippen molar-refractivity contribution in [3.05, 3.63) is 67.7 Å². The third kappa shape index (κ3) is 4.58. The van der Waals surface area contributed by atoms with Crippen molar-refractivity contribution in [3.63, 3.8) is 0 Å². The zero-order valence-corrected chi connectivity index (χ0v) is 17.0. The first kappa shape index (κ1) is 20.3. The third-order valence-electron chi connectivity index (χ3n) is 3.63. The standard InChI is InChI=1S/C18H17BrCl2N4O/c1-24-8-12(7-22)11-5-14(20)16(15(21)6-11)18(26)25-9-10-3-2-4-13(19)17(10)23/h2-8H,9,22-23H2,1H3,(H,25,26). The molecule has 0 unspecified atom stereocenters. The molecule has 0 aliphatic rings. The van der Waals surface area contributed by atoms with Gasteiger partial charge in [0.25, 0.3) is 5.91 Å². The summed E-state index contributed by atoms with van der Waals surface area (Å²) >= 11 is 15.9. The van der Waals surface area contributed by atoms with E-state index < -0.39 is 5.91 Å². The third-order valence-corrected chi connectivity index (χ3v) is 4.92. The number of allylic oxidation sites excluding steroid dienone is 1. The zero-order chi connectivity index (χ0) is 19.3. The predicted molar refractivity (Wildman–Crippen MR) is 113 cm³/mol. The highest BCUT2D eigenvalue weighted by Gasteiger charge is 2.17. The smallest absolute Gasteiger partial charge is 0.254 e. The summed E-state index contributed by atoms with van der Waals surface area (Å²) in [5.41, 5.74) is 14.4. The van der Waals surface area contributed by atoms with Crippen molar-refractivity contribution < 1.29 is 4.79 Å². The molecule has 0 saturated carbocycles. The van der Waals surface area contributed by atoms with Crippen LogP contribution in [0.5, 0.6) is 0 Å². The number of rotatable bonds is 5. The molecule has 0 aliphatic carbocycles. The lowest BCUT2D eigenvalue weighted by molar-refractivity contribution is 0.0951. The van der Waals surface area contributed by atoms with Gasteiger partial charge < -0.3 is 16.8 Å². The molecule has 1 amide bonds. The van der Waals surface area contributed by atoms with E-state index >= 15 is 0 Å². The maximum Gasteiger partial charge on any atom is 0.254 e. The fourth-order valence-corrected chi connectivity index (χ4v) is 3.38. The Balaban J connectivity index is 2.25. The lowest BCUT2D eigenvalue weighted by Gasteiger charge is -2.12. The number of hydrogen-bond donors (Lipinski definition) is 3. The van der Waals surface area contributed by atoms with Gasteiger partial charge in [-0.2, -0.15) is 0 Å².